The third kappa shape index (κ3) is 5.29. The summed E-state index contributed by atoms with van der Waals surface area (Å²) in [5.41, 5.74) is 1.56. The molecule has 14 heteroatoms. The van der Waals surface area contributed by atoms with Crippen LogP contribution in [-0.4, -0.2) is 103 Å². The average Bonchev–Trinajstić information content (AvgIpc) is 3.50. The number of aliphatic carboxylic acids is 1. The number of methoxy groups -OCH3 is 2. The van der Waals surface area contributed by atoms with E-state index in [-0.39, 0.29) is 36.1 Å². The molecule has 4 aliphatic rings. The van der Waals surface area contributed by atoms with E-state index in [1.54, 1.807) is 44.6 Å². The van der Waals surface area contributed by atoms with Gasteiger partial charge < -0.3 is 64.6 Å². The van der Waals surface area contributed by atoms with E-state index < -0.39 is 42.3 Å². The van der Waals surface area contributed by atoms with Gasteiger partial charge in [-0.1, -0.05) is 12.1 Å². The van der Waals surface area contributed by atoms with Crippen molar-refractivity contribution >= 4 is 5.97 Å². The number of hydrogen-bond acceptors (Lipinski definition) is 13. The van der Waals surface area contributed by atoms with Gasteiger partial charge in [0.05, 0.1) is 20.1 Å². The molecule has 0 bridgehead atoms. The summed E-state index contributed by atoms with van der Waals surface area (Å²) in [6, 6.07) is 12.0. The zero-order valence-electron chi connectivity index (χ0n) is 28.1. The van der Waals surface area contributed by atoms with Gasteiger partial charge in [0.15, 0.2) is 11.5 Å². The van der Waals surface area contributed by atoms with Crippen molar-refractivity contribution in [1.82, 2.24) is 10.6 Å². The van der Waals surface area contributed by atoms with Gasteiger partial charge in [0, 0.05) is 29.8 Å². The number of phenolic OH excluding ortho intramolecular Hbond substituents is 1. The molecule has 0 spiro atoms. The van der Waals surface area contributed by atoms with Crippen LogP contribution >= 0.6 is 0 Å². The standard InChI is InChI=1S/C36H42N2O12/c1-37-15-36(35(43)44)33(42)28(40)29(41)34(50-36)47-18-12-19(16-7-5-8-17(39)11-16)25-23(13-18)48-22-10-6-9-21(38-2)20-14-24(45-3)30(46-4)32-26(20)27(22)31(25)49-32/h5,7-8,11-14,21-22,27-29,31,33-34,37-42H,6,9-10,15H2,1-4H3,(H,43,44)/t21-,22-,27+,28-,29-,31+,33+,34-,36-/m1/s1. The number of benzene rings is 3. The summed E-state index contributed by atoms with van der Waals surface area (Å²) in [6.45, 7) is -0.387. The maximum absolute atomic E-state index is 12.4. The molecule has 3 aromatic carbocycles. The predicted molar refractivity (Wildman–Crippen MR) is 177 cm³/mol. The van der Waals surface area contributed by atoms with Crippen LogP contribution in [0.25, 0.3) is 11.1 Å². The molecule has 1 aliphatic carbocycles. The zero-order valence-corrected chi connectivity index (χ0v) is 28.1. The van der Waals surface area contributed by atoms with E-state index in [1.807, 2.05) is 19.2 Å². The number of likely N-dealkylation sites (N-methyl/N-ethyl adjacent to an activating group) is 1. The summed E-state index contributed by atoms with van der Waals surface area (Å²) in [4.78, 5) is 12.4. The number of ether oxygens (including phenoxy) is 6. The van der Waals surface area contributed by atoms with Crippen molar-refractivity contribution in [3.8, 4) is 45.6 Å². The number of carbonyl (C=O) groups is 1. The molecule has 268 valence electrons. The van der Waals surface area contributed by atoms with Crippen LogP contribution in [0.2, 0.25) is 0 Å². The molecule has 50 heavy (non-hydrogen) atoms. The summed E-state index contributed by atoms with van der Waals surface area (Å²) in [5.74, 6) is 0.371. The smallest absolute Gasteiger partial charge is 0.340 e. The first kappa shape index (κ1) is 34.2. The Kier molecular flexibility index (Phi) is 8.95. The average molecular weight is 695 g/mol. The Balaban J connectivity index is 1.38. The van der Waals surface area contributed by atoms with Crippen LogP contribution in [0.5, 0.6) is 34.5 Å². The monoisotopic (exact) mass is 694 g/mol. The minimum absolute atomic E-state index is 0.0192. The second kappa shape index (κ2) is 13.1. The number of fused-ring (bicyclic) bond motifs is 2. The number of phenols is 1. The first-order valence-corrected chi connectivity index (χ1v) is 16.6. The van der Waals surface area contributed by atoms with E-state index in [0.29, 0.717) is 46.1 Å². The van der Waals surface area contributed by atoms with Crippen LogP contribution in [-0.2, 0) is 9.53 Å². The van der Waals surface area contributed by atoms with Crippen LogP contribution in [0.3, 0.4) is 0 Å². The Morgan fingerprint density at radius 3 is 2.48 bits per heavy atom. The molecule has 3 aliphatic heterocycles. The van der Waals surface area contributed by atoms with E-state index in [9.17, 15) is 30.3 Å². The topological polar surface area (TPSA) is 198 Å². The molecule has 14 nitrogen and oxygen atoms in total. The Morgan fingerprint density at radius 1 is 1.00 bits per heavy atom. The molecule has 0 unspecified atom stereocenters. The number of aliphatic hydroxyl groups is 3. The fourth-order valence-electron chi connectivity index (χ4n) is 8.00. The largest absolute Gasteiger partial charge is 0.508 e. The van der Waals surface area contributed by atoms with Gasteiger partial charge in [0.2, 0.25) is 17.6 Å². The van der Waals surface area contributed by atoms with E-state index >= 15 is 0 Å². The van der Waals surface area contributed by atoms with Gasteiger partial charge in [-0.05, 0) is 74.3 Å². The SMILES string of the molecule is CNC[C@@]1(C(=O)O)O[C@@H](Oc2cc3c(c(-c4cccc(O)c4)c2)[C@@H]2Oc4c(OC)c(OC)cc5c4[C@@H]2[C@@H](CCC[C@H]5NC)O3)[C@H](O)[C@@H](O)[C@@H]1O. The fourth-order valence-corrected chi connectivity index (χ4v) is 8.00. The molecule has 3 heterocycles. The highest BCUT2D eigenvalue weighted by molar-refractivity contribution is 5.79. The van der Waals surface area contributed by atoms with Crippen molar-refractivity contribution in [1.29, 1.82) is 0 Å². The van der Waals surface area contributed by atoms with Gasteiger partial charge >= 0.3 is 5.97 Å². The van der Waals surface area contributed by atoms with Crippen LogP contribution in [0.4, 0.5) is 0 Å². The van der Waals surface area contributed by atoms with Crippen LogP contribution in [0.1, 0.15) is 54.0 Å². The molecule has 7 N–H and O–H groups in total. The van der Waals surface area contributed by atoms with Gasteiger partial charge in [-0.15, -0.1) is 0 Å². The maximum Gasteiger partial charge on any atom is 0.340 e. The highest BCUT2D eigenvalue weighted by Crippen LogP contribution is 2.63. The lowest BCUT2D eigenvalue weighted by Gasteiger charge is -2.46. The number of rotatable bonds is 9. The summed E-state index contributed by atoms with van der Waals surface area (Å²) >= 11 is 0. The minimum atomic E-state index is -2.32. The van der Waals surface area contributed by atoms with Gasteiger partial charge in [-0.2, -0.15) is 0 Å². The molecular formula is C36H42N2O12. The van der Waals surface area contributed by atoms with Crippen molar-refractivity contribution in [2.75, 3.05) is 34.9 Å². The molecule has 0 saturated carbocycles. The van der Waals surface area contributed by atoms with Crippen LogP contribution in [0.15, 0.2) is 42.5 Å². The number of nitrogens with one attached hydrogen (secondary N) is 2. The van der Waals surface area contributed by atoms with Gasteiger partial charge in [-0.3, -0.25) is 0 Å². The highest BCUT2D eigenvalue weighted by atomic mass is 16.7. The summed E-state index contributed by atoms with van der Waals surface area (Å²) < 4.78 is 37.2. The molecule has 9 atom stereocenters. The van der Waals surface area contributed by atoms with E-state index in [2.05, 4.69) is 10.6 Å². The summed E-state index contributed by atoms with van der Waals surface area (Å²) in [7, 11) is 6.56. The predicted octanol–water partition coefficient (Wildman–Crippen LogP) is 2.36. The molecular weight excluding hydrogens is 652 g/mol. The lowest BCUT2D eigenvalue weighted by molar-refractivity contribution is -0.305. The number of carboxylic acid groups (broad SMARTS) is 1. The number of aromatic hydroxyl groups is 1. The molecule has 0 radical (unpaired) electrons. The maximum atomic E-state index is 12.4. The van der Waals surface area contributed by atoms with Crippen molar-refractivity contribution in [2.45, 2.75) is 73.6 Å². The van der Waals surface area contributed by atoms with Crippen molar-refractivity contribution < 1.29 is 58.7 Å². The number of aliphatic hydroxyl groups excluding tert-OH is 3. The molecule has 1 fully saturated rings. The molecule has 7 rings (SSSR count). The normalized spacial score (nSPS) is 30.9. The van der Waals surface area contributed by atoms with Crippen LogP contribution < -0.4 is 34.3 Å². The third-order valence-corrected chi connectivity index (χ3v) is 10.4. The molecule has 1 saturated heterocycles. The van der Waals surface area contributed by atoms with Gasteiger partial charge in [-0.25, -0.2) is 4.79 Å². The molecule has 0 aromatic heterocycles. The Labute approximate surface area is 288 Å². The second-order valence-corrected chi connectivity index (χ2v) is 13.1. The molecule has 0 amide bonds. The number of hydrogen-bond donors (Lipinski definition) is 7. The third-order valence-electron chi connectivity index (χ3n) is 10.4. The van der Waals surface area contributed by atoms with E-state index in [0.717, 1.165) is 24.0 Å². The van der Waals surface area contributed by atoms with Gasteiger partial charge in [0.25, 0.3) is 0 Å². The van der Waals surface area contributed by atoms with E-state index in [1.165, 1.54) is 7.05 Å². The lowest BCUT2D eigenvalue weighted by Crippen LogP contribution is -2.71. The van der Waals surface area contributed by atoms with Crippen molar-refractivity contribution in [2.24, 2.45) is 0 Å². The van der Waals surface area contributed by atoms with Crippen molar-refractivity contribution in [3.05, 3.63) is 59.2 Å². The highest BCUT2D eigenvalue weighted by Gasteiger charge is 2.59. The fraction of sp³-hybridized carbons (Fsp3) is 0.472. The Bertz CT molecular complexity index is 1790. The number of carboxylic acids is 1. The first-order chi connectivity index (χ1) is 24.1. The molecule has 3 aromatic rings. The Morgan fingerprint density at radius 2 is 1.80 bits per heavy atom. The first-order valence-electron chi connectivity index (χ1n) is 16.6. The van der Waals surface area contributed by atoms with E-state index in [4.69, 9.17) is 28.4 Å². The quantitative estimate of drug-likeness (QED) is 0.172. The van der Waals surface area contributed by atoms with Crippen LogP contribution in [0, 0.1) is 0 Å². The Hall–Kier alpha value is -4.31. The minimum Gasteiger partial charge on any atom is -0.508 e. The summed E-state index contributed by atoms with van der Waals surface area (Å²) in [6.07, 6.45) is -5.85. The summed E-state index contributed by atoms with van der Waals surface area (Å²) in [5, 5.41) is 59.1. The van der Waals surface area contributed by atoms with Crippen molar-refractivity contribution in [3.63, 3.8) is 0 Å². The lowest BCUT2D eigenvalue weighted by atomic mass is 9.75. The zero-order chi connectivity index (χ0) is 35.5. The van der Waals surface area contributed by atoms with Gasteiger partial charge in [0.1, 0.15) is 47.8 Å². The second-order valence-electron chi connectivity index (χ2n) is 13.1.